The zero-order valence-corrected chi connectivity index (χ0v) is 12.8. The first kappa shape index (κ1) is 14.4. The maximum absolute atomic E-state index is 3.46. The fourth-order valence-electron chi connectivity index (χ4n) is 2.57. The van der Waals surface area contributed by atoms with Crippen molar-refractivity contribution in [2.24, 2.45) is 5.92 Å². The standard InChI is InChI=1S/C17H28N2/c1-5-18-14(4)16-8-10-17(11-9-16)19(13(2)3)12-15-6-7-15/h8-11,13-15,18H,5-7,12H2,1-4H3. The molecule has 1 aliphatic carbocycles. The van der Waals surface area contributed by atoms with Gasteiger partial charge in [-0.05, 0) is 63.8 Å². The second-order valence-corrected chi connectivity index (χ2v) is 6.06. The van der Waals surface area contributed by atoms with E-state index in [9.17, 15) is 0 Å². The van der Waals surface area contributed by atoms with Gasteiger partial charge < -0.3 is 10.2 Å². The number of benzene rings is 1. The summed E-state index contributed by atoms with van der Waals surface area (Å²) in [5.41, 5.74) is 2.75. The molecule has 0 amide bonds. The highest BCUT2D eigenvalue weighted by molar-refractivity contribution is 5.49. The van der Waals surface area contributed by atoms with E-state index in [0.717, 1.165) is 12.5 Å². The number of hydrogen-bond donors (Lipinski definition) is 1. The molecule has 2 heteroatoms. The SMILES string of the molecule is CCNC(C)c1ccc(N(CC2CC2)C(C)C)cc1. The Morgan fingerprint density at radius 1 is 1.16 bits per heavy atom. The molecular weight excluding hydrogens is 232 g/mol. The van der Waals surface area contributed by atoms with E-state index in [4.69, 9.17) is 0 Å². The molecule has 19 heavy (non-hydrogen) atoms. The van der Waals surface area contributed by atoms with Crippen LogP contribution in [0, 0.1) is 5.92 Å². The normalized spacial score (nSPS) is 16.7. The van der Waals surface area contributed by atoms with Crippen molar-refractivity contribution in [2.45, 2.75) is 52.6 Å². The first-order chi connectivity index (χ1) is 9.11. The minimum Gasteiger partial charge on any atom is -0.369 e. The molecule has 2 nitrogen and oxygen atoms in total. The first-order valence-electron chi connectivity index (χ1n) is 7.71. The number of rotatable bonds is 7. The molecule has 1 saturated carbocycles. The van der Waals surface area contributed by atoms with E-state index in [2.05, 4.69) is 62.2 Å². The van der Waals surface area contributed by atoms with Gasteiger partial charge in [-0.2, -0.15) is 0 Å². The molecule has 0 aliphatic heterocycles. The lowest BCUT2D eigenvalue weighted by molar-refractivity contribution is 0.597. The molecule has 1 aromatic rings. The Hall–Kier alpha value is -1.02. The van der Waals surface area contributed by atoms with Gasteiger partial charge in [-0.3, -0.25) is 0 Å². The first-order valence-corrected chi connectivity index (χ1v) is 7.71. The van der Waals surface area contributed by atoms with Crippen LogP contribution < -0.4 is 10.2 Å². The molecular formula is C17H28N2. The van der Waals surface area contributed by atoms with Crippen LogP contribution in [0.5, 0.6) is 0 Å². The van der Waals surface area contributed by atoms with Crippen molar-refractivity contribution >= 4 is 5.69 Å². The van der Waals surface area contributed by atoms with Crippen LogP contribution in [0.1, 0.15) is 52.1 Å². The summed E-state index contributed by atoms with van der Waals surface area (Å²) < 4.78 is 0. The third-order valence-electron chi connectivity index (χ3n) is 4.01. The van der Waals surface area contributed by atoms with Crippen molar-refractivity contribution in [2.75, 3.05) is 18.0 Å². The van der Waals surface area contributed by atoms with Crippen LogP contribution >= 0.6 is 0 Å². The third-order valence-corrected chi connectivity index (χ3v) is 4.01. The fourth-order valence-corrected chi connectivity index (χ4v) is 2.57. The molecule has 1 aliphatic rings. The predicted molar refractivity (Wildman–Crippen MR) is 83.7 cm³/mol. The van der Waals surface area contributed by atoms with Gasteiger partial charge in [-0.1, -0.05) is 19.1 Å². The smallest absolute Gasteiger partial charge is 0.0368 e. The van der Waals surface area contributed by atoms with Gasteiger partial charge in [-0.25, -0.2) is 0 Å². The molecule has 106 valence electrons. The van der Waals surface area contributed by atoms with Crippen molar-refractivity contribution in [3.63, 3.8) is 0 Å². The minimum absolute atomic E-state index is 0.440. The summed E-state index contributed by atoms with van der Waals surface area (Å²) in [6.07, 6.45) is 2.83. The molecule has 0 radical (unpaired) electrons. The van der Waals surface area contributed by atoms with E-state index < -0.39 is 0 Å². The Morgan fingerprint density at radius 3 is 2.26 bits per heavy atom. The third kappa shape index (κ3) is 3.97. The van der Waals surface area contributed by atoms with Gasteiger partial charge in [-0.15, -0.1) is 0 Å². The maximum atomic E-state index is 3.46. The average Bonchev–Trinajstić information content (AvgIpc) is 3.20. The Labute approximate surface area is 118 Å². The largest absolute Gasteiger partial charge is 0.369 e. The average molecular weight is 260 g/mol. The second kappa shape index (κ2) is 6.42. The van der Waals surface area contributed by atoms with E-state index in [1.165, 1.54) is 30.6 Å². The van der Waals surface area contributed by atoms with Crippen LogP contribution in [0.4, 0.5) is 5.69 Å². The molecule has 1 fully saturated rings. The van der Waals surface area contributed by atoms with Crippen LogP contribution in [-0.4, -0.2) is 19.1 Å². The van der Waals surface area contributed by atoms with Crippen molar-refractivity contribution in [3.05, 3.63) is 29.8 Å². The highest BCUT2D eigenvalue weighted by Gasteiger charge is 2.25. The molecule has 0 saturated heterocycles. The van der Waals surface area contributed by atoms with Crippen LogP contribution in [-0.2, 0) is 0 Å². The molecule has 0 aromatic heterocycles. The number of anilines is 1. The van der Waals surface area contributed by atoms with Crippen LogP contribution in [0.2, 0.25) is 0 Å². The van der Waals surface area contributed by atoms with Gasteiger partial charge >= 0.3 is 0 Å². The summed E-state index contributed by atoms with van der Waals surface area (Å²) in [4.78, 5) is 2.54. The van der Waals surface area contributed by atoms with Gasteiger partial charge in [0, 0.05) is 24.3 Å². The summed E-state index contributed by atoms with van der Waals surface area (Å²) >= 11 is 0. The van der Waals surface area contributed by atoms with Gasteiger partial charge in [0.05, 0.1) is 0 Å². The number of hydrogen-bond acceptors (Lipinski definition) is 2. The predicted octanol–water partition coefficient (Wildman–Crippen LogP) is 3.98. The van der Waals surface area contributed by atoms with E-state index in [-0.39, 0.29) is 0 Å². The second-order valence-electron chi connectivity index (χ2n) is 6.06. The molecule has 2 rings (SSSR count). The van der Waals surface area contributed by atoms with E-state index >= 15 is 0 Å². The molecule has 1 atom stereocenters. The summed E-state index contributed by atoms with van der Waals surface area (Å²) in [6, 6.07) is 10.1. The number of nitrogens with zero attached hydrogens (tertiary/aromatic N) is 1. The Bertz CT molecular complexity index is 379. The zero-order chi connectivity index (χ0) is 13.8. The molecule has 1 unspecified atom stereocenters. The van der Waals surface area contributed by atoms with Crippen molar-refractivity contribution in [1.29, 1.82) is 0 Å². The molecule has 1 aromatic carbocycles. The highest BCUT2D eigenvalue weighted by Crippen LogP contribution is 2.32. The minimum atomic E-state index is 0.440. The highest BCUT2D eigenvalue weighted by atomic mass is 15.2. The van der Waals surface area contributed by atoms with Crippen LogP contribution in [0.15, 0.2) is 24.3 Å². The Morgan fingerprint density at radius 2 is 1.79 bits per heavy atom. The Kier molecular flexibility index (Phi) is 4.87. The maximum Gasteiger partial charge on any atom is 0.0368 e. The quantitative estimate of drug-likeness (QED) is 0.797. The lowest BCUT2D eigenvalue weighted by atomic mass is 10.1. The zero-order valence-electron chi connectivity index (χ0n) is 12.8. The summed E-state index contributed by atoms with van der Waals surface area (Å²) in [7, 11) is 0. The lowest BCUT2D eigenvalue weighted by Gasteiger charge is -2.29. The van der Waals surface area contributed by atoms with E-state index in [1.807, 2.05) is 0 Å². The summed E-state index contributed by atoms with van der Waals surface area (Å²) in [5, 5.41) is 3.46. The molecule has 0 spiro atoms. The topological polar surface area (TPSA) is 15.3 Å². The van der Waals surface area contributed by atoms with Crippen molar-refractivity contribution in [1.82, 2.24) is 5.32 Å². The van der Waals surface area contributed by atoms with Gasteiger partial charge in [0.2, 0.25) is 0 Å². The Balaban J connectivity index is 2.06. The van der Waals surface area contributed by atoms with Crippen molar-refractivity contribution in [3.8, 4) is 0 Å². The van der Waals surface area contributed by atoms with Crippen LogP contribution in [0.3, 0.4) is 0 Å². The molecule has 0 bridgehead atoms. The molecule has 0 heterocycles. The van der Waals surface area contributed by atoms with Crippen LogP contribution in [0.25, 0.3) is 0 Å². The molecule has 1 N–H and O–H groups in total. The summed E-state index contributed by atoms with van der Waals surface area (Å²) in [5.74, 6) is 0.933. The van der Waals surface area contributed by atoms with Gasteiger partial charge in [0.15, 0.2) is 0 Å². The van der Waals surface area contributed by atoms with E-state index in [1.54, 1.807) is 0 Å². The monoisotopic (exact) mass is 260 g/mol. The summed E-state index contributed by atoms with van der Waals surface area (Å²) in [6.45, 7) is 11.2. The van der Waals surface area contributed by atoms with Crippen molar-refractivity contribution < 1.29 is 0 Å². The van der Waals surface area contributed by atoms with E-state index in [0.29, 0.717) is 12.1 Å². The lowest BCUT2D eigenvalue weighted by Crippen LogP contribution is -2.32. The van der Waals surface area contributed by atoms with Gasteiger partial charge in [0.25, 0.3) is 0 Å². The number of nitrogens with one attached hydrogen (secondary N) is 1. The van der Waals surface area contributed by atoms with Gasteiger partial charge in [0.1, 0.15) is 0 Å². The fraction of sp³-hybridized carbons (Fsp3) is 0.647.